The topological polar surface area (TPSA) is 64.3 Å². The minimum absolute atomic E-state index is 0.0532. The number of nitrogens with one attached hydrogen (secondary N) is 1. The molecule has 0 rings (SSSR count). The second kappa shape index (κ2) is 5.20. The standard InChI is InChI=1S/C6H14N2O2/c1-5(9)8-6(3-7)4-10-2/h6H,3-4,7H2,1-2H3,(H,8,9). The first-order chi connectivity index (χ1) is 4.70. The number of methoxy groups -OCH3 is 1. The van der Waals surface area contributed by atoms with Crippen molar-refractivity contribution in [1.29, 1.82) is 0 Å². The summed E-state index contributed by atoms with van der Waals surface area (Å²) in [5, 5.41) is 2.64. The summed E-state index contributed by atoms with van der Waals surface area (Å²) in [7, 11) is 1.57. The first-order valence-corrected chi connectivity index (χ1v) is 3.16. The van der Waals surface area contributed by atoms with Gasteiger partial charge < -0.3 is 15.8 Å². The Hall–Kier alpha value is -0.610. The van der Waals surface area contributed by atoms with E-state index in [0.29, 0.717) is 13.2 Å². The molecule has 0 aromatic heterocycles. The molecule has 0 bridgehead atoms. The molecule has 0 saturated carbocycles. The van der Waals surface area contributed by atoms with Crippen LogP contribution in [0.1, 0.15) is 6.92 Å². The zero-order chi connectivity index (χ0) is 7.98. The molecule has 1 atom stereocenters. The van der Waals surface area contributed by atoms with Crippen molar-refractivity contribution in [3.05, 3.63) is 0 Å². The lowest BCUT2D eigenvalue weighted by atomic mass is 10.3. The lowest BCUT2D eigenvalue weighted by molar-refractivity contribution is -0.119. The molecule has 0 aromatic carbocycles. The van der Waals surface area contributed by atoms with Gasteiger partial charge in [-0.3, -0.25) is 4.79 Å². The zero-order valence-electron chi connectivity index (χ0n) is 6.39. The Kier molecular flexibility index (Phi) is 4.88. The fraction of sp³-hybridized carbons (Fsp3) is 0.833. The SMILES string of the molecule is COCC(CN)NC(C)=O. The van der Waals surface area contributed by atoms with Gasteiger partial charge in [0.25, 0.3) is 0 Å². The molecule has 0 heterocycles. The minimum Gasteiger partial charge on any atom is -0.383 e. The average Bonchev–Trinajstić information content (AvgIpc) is 1.86. The highest BCUT2D eigenvalue weighted by Crippen LogP contribution is 1.80. The van der Waals surface area contributed by atoms with Gasteiger partial charge >= 0.3 is 0 Å². The van der Waals surface area contributed by atoms with Crippen LogP contribution < -0.4 is 11.1 Å². The lowest BCUT2D eigenvalue weighted by Gasteiger charge is -2.13. The molecule has 1 unspecified atom stereocenters. The number of amides is 1. The third-order valence-electron chi connectivity index (χ3n) is 1.06. The van der Waals surface area contributed by atoms with Crippen LogP contribution in [0.5, 0.6) is 0 Å². The van der Waals surface area contributed by atoms with Crippen LogP contribution in [0.2, 0.25) is 0 Å². The van der Waals surface area contributed by atoms with Gasteiger partial charge in [0.2, 0.25) is 5.91 Å². The summed E-state index contributed by atoms with van der Waals surface area (Å²) in [6, 6.07) is -0.0532. The Morgan fingerprint density at radius 2 is 2.40 bits per heavy atom. The van der Waals surface area contributed by atoms with Crippen LogP contribution in [-0.2, 0) is 9.53 Å². The van der Waals surface area contributed by atoms with Crippen LogP contribution in [0.25, 0.3) is 0 Å². The maximum atomic E-state index is 10.5. The zero-order valence-corrected chi connectivity index (χ0v) is 6.39. The molecule has 60 valence electrons. The Bertz CT molecular complexity index is 106. The maximum absolute atomic E-state index is 10.5. The summed E-state index contributed by atoms with van der Waals surface area (Å²) in [6.07, 6.45) is 0. The number of carbonyl (C=O) groups is 1. The fourth-order valence-electron chi connectivity index (χ4n) is 0.657. The molecule has 0 aliphatic carbocycles. The number of nitrogens with two attached hydrogens (primary N) is 1. The van der Waals surface area contributed by atoms with E-state index < -0.39 is 0 Å². The van der Waals surface area contributed by atoms with Crippen LogP contribution in [0.4, 0.5) is 0 Å². The number of hydrogen-bond donors (Lipinski definition) is 2. The van der Waals surface area contributed by atoms with Crippen molar-refractivity contribution < 1.29 is 9.53 Å². The molecular weight excluding hydrogens is 132 g/mol. The fourth-order valence-corrected chi connectivity index (χ4v) is 0.657. The van der Waals surface area contributed by atoms with Gasteiger partial charge in [0, 0.05) is 20.6 Å². The number of ether oxygens (including phenoxy) is 1. The maximum Gasteiger partial charge on any atom is 0.217 e. The summed E-state index contributed by atoms with van der Waals surface area (Å²) in [4.78, 5) is 10.5. The van der Waals surface area contributed by atoms with Gasteiger partial charge in [-0.05, 0) is 0 Å². The summed E-state index contributed by atoms with van der Waals surface area (Å²) < 4.78 is 4.80. The number of rotatable bonds is 4. The molecular formula is C6H14N2O2. The Morgan fingerprint density at radius 1 is 1.80 bits per heavy atom. The third-order valence-corrected chi connectivity index (χ3v) is 1.06. The van der Waals surface area contributed by atoms with E-state index in [1.165, 1.54) is 6.92 Å². The van der Waals surface area contributed by atoms with E-state index in [4.69, 9.17) is 10.5 Å². The van der Waals surface area contributed by atoms with Crippen LogP contribution in [0.3, 0.4) is 0 Å². The summed E-state index contributed by atoms with van der Waals surface area (Å²) in [5.74, 6) is -0.0764. The molecule has 0 aliphatic heterocycles. The van der Waals surface area contributed by atoms with E-state index in [0.717, 1.165) is 0 Å². The molecule has 0 aliphatic rings. The van der Waals surface area contributed by atoms with Gasteiger partial charge in [-0.2, -0.15) is 0 Å². The van der Waals surface area contributed by atoms with Gasteiger partial charge in [-0.1, -0.05) is 0 Å². The summed E-state index contributed by atoms with van der Waals surface area (Å²) >= 11 is 0. The van der Waals surface area contributed by atoms with Gasteiger partial charge in [-0.25, -0.2) is 0 Å². The van der Waals surface area contributed by atoms with Gasteiger partial charge in [0.1, 0.15) is 0 Å². The molecule has 0 spiro atoms. The van der Waals surface area contributed by atoms with Gasteiger partial charge in [0.15, 0.2) is 0 Å². The first-order valence-electron chi connectivity index (χ1n) is 3.16. The average molecular weight is 146 g/mol. The van der Waals surface area contributed by atoms with Crippen molar-refractivity contribution in [3.8, 4) is 0 Å². The molecule has 0 aromatic rings. The molecule has 4 heteroatoms. The Morgan fingerprint density at radius 3 is 2.70 bits per heavy atom. The van der Waals surface area contributed by atoms with Crippen molar-refractivity contribution in [3.63, 3.8) is 0 Å². The van der Waals surface area contributed by atoms with Crippen molar-refractivity contribution in [2.75, 3.05) is 20.3 Å². The van der Waals surface area contributed by atoms with E-state index in [2.05, 4.69) is 5.32 Å². The largest absolute Gasteiger partial charge is 0.383 e. The van der Waals surface area contributed by atoms with Crippen molar-refractivity contribution >= 4 is 5.91 Å². The van der Waals surface area contributed by atoms with Crippen LogP contribution in [0, 0.1) is 0 Å². The molecule has 0 fully saturated rings. The first kappa shape index (κ1) is 9.39. The van der Waals surface area contributed by atoms with Gasteiger partial charge in [0.05, 0.1) is 12.6 Å². The highest BCUT2D eigenvalue weighted by molar-refractivity contribution is 5.73. The molecule has 1 amide bonds. The Balaban J connectivity index is 3.49. The summed E-state index contributed by atoms with van der Waals surface area (Å²) in [6.45, 7) is 2.34. The van der Waals surface area contributed by atoms with E-state index in [1.807, 2.05) is 0 Å². The third kappa shape index (κ3) is 4.29. The second-order valence-electron chi connectivity index (χ2n) is 2.09. The highest BCUT2D eigenvalue weighted by atomic mass is 16.5. The quantitative estimate of drug-likeness (QED) is 0.540. The highest BCUT2D eigenvalue weighted by Gasteiger charge is 2.05. The second-order valence-corrected chi connectivity index (χ2v) is 2.09. The van der Waals surface area contributed by atoms with Crippen LogP contribution >= 0.6 is 0 Å². The van der Waals surface area contributed by atoms with Crippen molar-refractivity contribution in [1.82, 2.24) is 5.32 Å². The van der Waals surface area contributed by atoms with E-state index in [9.17, 15) is 4.79 Å². The minimum atomic E-state index is -0.0764. The summed E-state index contributed by atoms with van der Waals surface area (Å²) in [5.41, 5.74) is 5.31. The monoisotopic (exact) mass is 146 g/mol. The lowest BCUT2D eigenvalue weighted by Crippen LogP contribution is -2.42. The van der Waals surface area contributed by atoms with E-state index in [-0.39, 0.29) is 11.9 Å². The smallest absolute Gasteiger partial charge is 0.217 e. The number of hydrogen-bond acceptors (Lipinski definition) is 3. The van der Waals surface area contributed by atoms with Crippen molar-refractivity contribution in [2.45, 2.75) is 13.0 Å². The number of carbonyl (C=O) groups excluding carboxylic acids is 1. The van der Waals surface area contributed by atoms with E-state index >= 15 is 0 Å². The molecule has 0 saturated heterocycles. The Labute approximate surface area is 60.7 Å². The van der Waals surface area contributed by atoms with Gasteiger partial charge in [-0.15, -0.1) is 0 Å². The normalized spacial score (nSPS) is 12.7. The van der Waals surface area contributed by atoms with E-state index in [1.54, 1.807) is 7.11 Å². The molecule has 0 radical (unpaired) electrons. The van der Waals surface area contributed by atoms with Crippen molar-refractivity contribution in [2.24, 2.45) is 5.73 Å². The molecule has 4 nitrogen and oxygen atoms in total. The molecule has 3 N–H and O–H groups in total. The predicted octanol–water partition coefficient (Wildman–Crippen LogP) is -0.904. The predicted molar refractivity (Wildman–Crippen MR) is 38.5 cm³/mol. The van der Waals surface area contributed by atoms with Crippen LogP contribution in [-0.4, -0.2) is 32.2 Å². The molecule has 10 heavy (non-hydrogen) atoms. The van der Waals surface area contributed by atoms with Crippen LogP contribution in [0.15, 0.2) is 0 Å².